The van der Waals surface area contributed by atoms with Crippen LogP contribution in [0.15, 0.2) is 60.9 Å². The SMILES string of the molecule is CCCCCCCCCCCCCCCCCCOc1cc[n+](C/C=C/c2ccccc2)cc1.F[P-](F)(F)(F)(F)F. The minimum atomic E-state index is -10.7. The Labute approximate surface area is 243 Å². The molecule has 1 heterocycles. The fourth-order valence-electron chi connectivity index (χ4n) is 4.38. The van der Waals surface area contributed by atoms with Crippen molar-refractivity contribution in [3.05, 3.63) is 66.5 Å². The van der Waals surface area contributed by atoms with Crippen LogP contribution in [0.3, 0.4) is 0 Å². The van der Waals surface area contributed by atoms with E-state index in [0.717, 1.165) is 25.3 Å². The number of halogens is 6. The summed E-state index contributed by atoms with van der Waals surface area (Å²) in [5.74, 6) is 0.976. The molecule has 0 atom stereocenters. The third-order valence-corrected chi connectivity index (χ3v) is 6.55. The normalized spacial score (nSPS) is 13.3. The standard InChI is InChI=1S/C32H50NO.F6P/c1-2-3-4-5-6-7-8-9-10-11-12-13-14-15-16-20-30-34-32-25-28-33(29-26-32)27-21-24-31-22-18-17-19-23-31;1-7(2,3,4,5)6/h17-19,21-26,28-29H,2-16,20,27,30H2,1H3;/q+1;-1/b24-21+;. The molecule has 0 unspecified atom stereocenters. The summed E-state index contributed by atoms with van der Waals surface area (Å²) in [5.41, 5.74) is 1.24. The summed E-state index contributed by atoms with van der Waals surface area (Å²) in [6.45, 7) is 3.99. The van der Waals surface area contributed by atoms with Gasteiger partial charge in [0.1, 0.15) is 5.75 Å². The summed E-state index contributed by atoms with van der Waals surface area (Å²) in [7, 11) is -10.7. The summed E-state index contributed by atoms with van der Waals surface area (Å²) in [4.78, 5) is 0. The van der Waals surface area contributed by atoms with E-state index in [2.05, 4.69) is 72.4 Å². The van der Waals surface area contributed by atoms with E-state index in [1.54, 1.807) is 0 Å². The van der Waals surface area contributed by atoms with Crippen molar-refractivity contribution in [2.75, 3.05) is 6.61 Å². The van der Waals surface area contributed by atoms with Crippen LogP contribution < -0.4 is 9.30 Å². The number of allylic oxidation sites excluding steroid dienone is 1. The first-order valence-electron chi connectivity index (χ1n) is 15.2. The molecule has 2 aromatic rings. The third kappa shape index (κ3) is 29.2. The van der Waals surface area contributed by atoms with E-state index >= 15 is 0 Å². The zero-order chi connectivity index (χ0) is 30.4. The number of aromatic nitrogens is 1. The van der Waals surface area contributed by atoms with Crippen LogP contribution in [-0.4, -0.2) is 6.61 Å². The molecule has 0 radical (unpaired) electrons. The molecule has 2 rings (SSSR count). The maximum absolute atomic E-state index is 10.7. The van der Waals surface area contributed by atoms with Gasteiger partial charge in [-0.15, -0.1) is 0 Å². The van der Waals surface area contributed by atoms with Crippen LogP contribution >= 0.6 is 7.81 Å². The average Bonchev–Trinajstić information content (AvgIpc) is 2.90. The van der Waals surface area contributed by atoms with Crippen molar-refractivity contribution in [1.29, 1.82) is 0 Å². The number of rotatable bonds is 21. The predicted molar refractivity (Wildman–Crippen MR) is 161 cm³/mol. The monoisotopic (exact) mass is 609 g/mol. The first-order chi connectivity index (χ1) is 19.3. The van der Waals surface area contributed by atoms with Crippen molar-refractivity contribution < 1.29 is 34.5 Å². The molecule has 0 aliphatic carbocycles. The fourth-order valence-corrected chi connectivity index (χ4v) is 4.38. The number of pyridine rings is 1. The molecule has 0 saturated heterocycles. The molecule has 0 aliphatic heterocycles. The van der Waals surface area contributed by atoms with E-state index in [-0.39, 0.29) is 0 Å². The quantitative estimate of drug-likeness (QED) is 0.0594. The molecule has 0 bridgehead atoms. The summed E-state index contributed by atoms with van der Waals surface area (Å²) in [6, 6.07) is 14.6. The van der Waals surface area contributed by atoms with Gasteiger partial charge in [0.25, 0.3) is 0 Å². The minimum absolute atomic E-state index is 0.830. The van der Waals surface area contributed by atoms with Crippen LogP contribution in [0.2, 0.25) is 0 Å². The fraction of sp³-hybridized carbons (Fsp3) is 0.594. The molecule has 2 nitrogen and oxygen atoms in total. The number of unbranched alkanes of at least 4 members (excludes halogenated alkanes) is 15. The molecule has 0 fully saturated rings. The second kappa shape index (κ2) is 19.2. The first-order valence-corrected chi connectivity index (χ1v) is 17.3. The van der Waals surface area contributed by atoms with Crippen molar-refractivity contribution in [2.24, 2.45) is 0 Å². The zero-order valence-corrected chi connectivity index (χ0v) is 25.5. The second-order valence-electron chi connectivity index (χ2n) is 10.7. The van der Waals surface area contributed by atoms with Crippen molar-refractivity contribution >= 4 is 13.9 Å². The number of benzene rings is 1. The molecule has 0 saturated carbocycles. The van der Waals surface area contributed by atoms with E-state index in [4.69, 9.17) is 4.74 Å². The van der Waals surface area contributed by atoms with Crippen molar-refractivity contribution in [1.82, 2.24) is 0 Å². The van der Waals surface area contributed by atoms with Gasteiger partial charge in [-0.3, -0.25) is 0 Å². The van der Waals surface area contributed by atoms with Crippen LogP contribution in [0.4, 0.5) is 25.2 Å². The van der Waals surface area contributed by atoms with Gasteiger partial charge in [-0.05, 0) is 18.1 Å². The Morgan fingerprint density at radius 3 is 1.46 bits per heavy atom. The molecule has 9 heteroatoms. The first kappa shape index (κ1) is 36.9. The molecule has 0 N–H and O–H groups in total. The zero-order valence-electron chi connectivity index (χ0n) is 24.6. The Kier molecular flexibility index (Phi) is 17.3. The van der Waals surface area contributed by atoms with E-state index in [1.807, 2.05) is 6.07 Å². The number of hydrogen-bond donors (Lipinski definition) is 0. The van der Waals surface area contributed by atoms with E-state index < -0.39 is 7.81 Å². The molecular formula is C32H50F6NOP. The van der Waals surface area contributed by atoms with Gasteiger partial charge in [-0.2, -0.15) is 0 Å². The molecule has 0 amide bonds. The van der Waals surface area contributed by atoms with Gasteiger partial charge in [-0.1, -0.05) is 140 Å². The Morgan fingerprint density at radius 2 is 1.02 bits per heavy atom. The summed E-state index contributed by atoms with van der Waals surface area (Å²) >= 11 is 0. The van der Waals surface area contributed by atoms with Crippen LogP contribution in [0.5, 0.6) is 5.75 Å². The Morgan fingerprint density at radius 1 is 0.610 bits per heavy atom. The second-order valence-corrected chi connectivity index (χ2v) is 12.6. The topological polar surface area (TPSA) is 13.1 Å². The van der Waals surface area contributed by atoms with Crippen molar-refractivity contribution in [2.45, 2.75) is 116 Å². The van der Waals surface area contributed by atoms with Gasteiger partial charge < -0.3 is 4.74 Å². The molecule has 1 aromatic heterocycles. The van der Waals surface area contributed by atoms with Crippen molar-refractivity contribution in [3.63, 3.8) is 0 Å². The van der Waals surface area contributed by atoms with Gasteiger partial charge in [0.15, 0.2) is 18.9 Å². The van der Waals surface area contributed by atoms with Crippen molar-refractivity contribution in [3.8, 4) is 5.75 Å². The third-order valence-electron chi connectivity index (χ3n) is 6.55. The van der Waals surface area contributed by atoms with Gasteiger partial charge in [0.2, 0.25) is 0 Å². The summed E-state index contributed by atoms with van der Waals surface area (Å²) < 4.78 is 67.3. The molecule has 0 spiro atoms. The van der Waals surface area contributed by atoms with Crippen LogP contribution in [0, 0.1) is 0 Å². The van der Waals surface area contributed by atoms with Gasteiger partial charge in [-0.25, -0.2) is 4.57 Å². The average molecular weight is 610 g/mol. The number of nitrogens with zero attached hydrogens (tertiary/aromatic N) is 1. The van der Waals surface area contributed by atoms with Crippen LogP contribution in [0.1, 0.15) is 115 Å². The molecule has 1 aromatic carbocycles. The molecule has 236 valence electrons. The summed E-state index contributed by atoms with van der Waals surface area (Å²) in [6.07, 6.45) is 31.0. The van der Waals surface area contributed by atoms with Gasteiger partial charge in [0, 0.05) is 12.1 Å². The number of ether oxygens (including phenoxy) is 1. The van der Waals surface area contributed by atoms with E-state index in [1.165, 1.54) is 102 Å². The Hall–Kier alpha value is -2.08. The van der Waals surface area contributed by atoms with E-state index in [0.29, 0.717) is 0 Å². The van der Waals surface area contributed by atoms with Crippen LogP contribution in [0.25, 0.3) is 6.08 Å². The Balaban J connectivity index is 0.00000106. The van der Waals surface area contributed by atoms with Crippen LogP contribution in [-0.2, 0) is 6.54 Å². The molecule has 41 heavy (non-hydrogen) atoms. The van der Waals surface area contributed by atoms with Gasteiger partial charge >= 0.3 is 33.0 Å². The van der Waals surface area contributed by atoms with Gasteiger partial charge in [0.05, 0.1) is 6.61 Å². The van der Waals surface area contributed by atoms with E-state index in [9.17, 15) is 25.2 Å². The Bertz CT molecular complexity index is 923. The molecule has 0 aliphatic rings. The molecular weight excluding hydrogens is 559 g/mol. The maximum atomic E-state index is 9.87. The summed E-state index contributed by atoms with van der Waals surface area (Å²) in [5, 5.41) is 0. The predicted octanol–water partition coefficient (Wildman–Crippen LogP) is 12.7. The number of hydrogen-bond acceptors (Lipinski definition) is 1.